The molecule has 2 unspecified atom stereocenters. The van der Waals surface area contributed by atoms with Crippen LogP contribution in [0.1, 0.15) is 44.4 Å². The van der Waals surface area contributed by atoms with Gasteiger partial charge in [0.15, 0.2) is 0 Å². The number of benzene rings is 3. The van der Waals surface area contributed by atoms with Crippen LogP contribution in [-0.4, -0.2) is 39.9 Å². The second-order valence-electron chi connectivity index (χ2n) is 9.77. The Bertz CT molecular complexity index is 1540. The lowest BCUT2D eigenvalue weighted by molar-refractivity contribution is 0.174. The SMILES string of the molecule is COc1cc(S(=O)(=O)N2c3cc(C=C(C)c4c(F)cccc4Cl)ccc3OC(CN=C(C)C)C2C)ccc1C. The number of sulfonamides is 1. The van der Waals surface area contributed by atoms with Gasteiger partial charge in [0.05, 0.1) is 35.3 Å². The summed E-state index contributed by atoms with van der Waals surface area (Å²) < 4.78 is 55.9. The summed E-state index contributed by atoms with van der Waals surface area (Å²) in [6.07, 6.45) is 1.26. The first-order chi connectivity index (χ1) is 18.4. The maximum atomic E-state index is 14.5. The summed E-state index contributed by atoms with van der Waals surface area (Å²) in [7, 11) is -2.52. The third-order valence-electron chi connectivity index (χ3n) is 6.67. The van der Waals surface area contributed by atoms with Gasteiger partial charge >= 0.3 is 0 Å². The first-order valence-corrected chi connectivity index (χ1v) is 14.4. The monoisotopic (exact) mass is 570 g/mol. The highest BCUT2D eigenvalue weighted by molar-refractivity contribution is 7.92. The predicted molar refractivity (Wildman–Crippen MR) is 156 cm³/mol. The Balaban J connectivity index is 1.86. The number of hydrogen-bond donors (Lipinski definition) is 0. The van der Waals surface area contributed by atoms with E-state index in [1.54, 1.807) is 55.5 Å². The van der Waals surface area contributed by atoms with E-state index in [0.29, 0.717) is 45.5 Å². The van der Waals surface area contributed by atoms with Crippen molar-refractivity contribution in [1.29, 1.82) is 0 Å². The molecule has 0 radical (unpaired) electrons. The van der Waals surface area contributed by atoms with Crippen molar-refractivity contribution in [3.63, 3.8) is 0 Å². The van der Waals surface area contributed by atoms with Gasteiger partial charge in [-0.3, -0.25) is 9.30 Å². The highest BCUT2D eigenvalue weighted by Crippen LogP contribution is 2.42. The fraction of sp³-hybridized carbons (Fsp3) is 0.300. The van der Waals surface area contributed by atoms with Gasteiger partial charge in [-0.05, 0) is 81.7 Å². The molecule has 1 aliphatic rings. The van der Waals surface area contributed by atoms with E-state index in [1.165, 1.54) is 23.5 Å². The van der Waals surface area contributed by atoms with Crippen molar-refractivity contribution in [2.45, 2.75) is 51.7 Å². The Morgan fingerprint density at radius 3 is 2.56 bits per heavy atom. The molecular weight excluding hydrogens is 539 g/mol. The number of rotatable bonds is 7. The fourth-order valence-corrected chi connectivity index (χ4v) is 6.62. The zero-order chi connectivity index (χ0) is 28.5. The van der Waals surface area contributed by atoms with E-state index in [4.69, 9.17) is 21.1 Å². The topological polar surface area (TPSA) is 68.2 Å². The number of ether oxygens (including phenoxy) is 2. The summed E-state index contributed by atoms with van der Waals surface area (Å²) in [5.74, 6) is 0.468. The van der Waals surface area contributed by atoms with Crippen LogP contribution in [0.2, 0.25) is 5.02 Å². The molecule has 9 heteroatoms. The standard InChI is InChI=1S/C30H32ClFN2O4S/c1-18(2)33-17-29-21(5)34(39(35,36)23-12-10-19(3)28(16-23)37-6)26-15-22(11-13-27(26)38-29)14-20(4)30-24(31)8-7-9-25(30)32/h7-16,21,29H,17H2,1-6H3. The third-order valence-corrected chi connectivity index (χ3v) is 8.88. The number of anilines is 1. The Labute approximate surface area is 234 Å². The van der Waals surface area contributed by atoms with Gasteiger partial charge in [0.25, 0.3) is 10.0 Å². The van der Waals surface area contributed by atoms with Crippen molar-refractivity contribution in [1.82, 2.24) is 0 Å². The molecule has 0 aromatic heterocycles. The van der Waals surface area contributed by atoms with Gasteiger partial charge in [0.2, 0.25) is 0 Å². The molecule has 0 amide bonds. The summed E-state index contributed by atoms with van der Waals surface area (Å²) >= 11 is 6.27. The fourth-order valence-electron chi connectivity index (χ4n) is 4.61. The number of aliphatic imine (C=N–C) groups is 1. The predicted octanol–water partition coefficient (Wildman–Crippen LogP) is 7.18. The first kappa shape index (κ1) is 28.6. The summed E-state index contributed by atoms with van der Waals surface area (Å²) in [6, 6.07) is 14.1. The van der Waals surface area contributed by atoms with Crippen LogP contribution >= 0.6 is 11.6 Å². The van der Waals surface area contributed by atoms with Crippen LogP contribution < -0.4 is 13.8 Å². The molecule has 0 saturated carbocycles. The van der Waals surface area contributed by atoms with Crippen molar-refractivity contribution in [3.05, 3.63) is 82.1 Å². The van der Waals surface area contributed by atoms with E-state index in [1.807, 2.05) is 27.7 Å². The van der Waals surface area contributed by atoms with Crippen molar-refractivity contribution in [2.24, 2.45) is 4.99 Å². The van der Waals surface area contributed by atoms with Crippen LogP contribution in [-0.2, 0) is 10.0 Å². The number of fused-ring (bicyclic) bond motifs is 1. The number of nitrogens with zero attached hydrogens (tertiary/aromatic N) is 2. The van der Waals surface area contributed by atoms with Gasteiger partial charge < -0.3 is 9.47 Å². The van der Waals surface area contributed by atoms with Crippen LogP contribution in [0, 0.1) is 12.7 Å². The number of halogens is 2. The molecule has 1 heterocycles. The van der Waals surface area contributed by atoms with Gasteiger partial charge in [0.1, 0.15) is 23.4 Å². The molecule has 4 rings (SSSR count). The summed E-state index contributed by atoms with van der Waals surface area (Å²) in [5, 5.41) is 0.297. The number of allylic oxidation sites excluding steroid dienone is 1. The first-order valence-electron chi connectivity index (χ1n) is 12.5. The van der Waals surface area contributed by atoms with Gasteiger partial charge in [-0.15, -0.1) is 0 Å². The minimum Gasteiger partial charge on any atom is -0.496 e. The minimum absolute atomic E-state index is 0.105. The molecule has 0 spiro atoms. The molecule has 0 fully saturated rings. The normalized spacial score (nSPS) is 17.3. The van der Waals surface area contributed by atoms with Crippen molar-refractivity contribution in [2.75, 3.05) is 18.0 Å². The van der Waals surface area contributed by atoms with Crippen LogP contribution in [0.3, 0.4) is 0 Å². The average molecular weight is 571 g/mol. The van der Waals surface area contributed by atoms with Gasteiger partial charge in [-0.1, -0.05) is 35.9 Å². The molecule has 0 aliphatic carbocycles. The largest absolute Gasteiger partial charge is 0.496 e. The third kappa shape index (κ3) is 5.82. The van der Waals surface area contributed by atoms with Crippen LogP contribution in [0.15, 0.2) is 64.5 Å². The zero-order valence-electron chi connectivity index (χ0n) is 22.8. The van der Waals surface area contributed by atoms with Crippen LogP contribution in [0.5, 0.6) is 11.5 Å². The molecule has 3 aromatic carbocycles. The maximum Gasteiger partial charge on any atom is 0.264 e. The van der Waals surface area contributed by atoms with E-state index in [0.717, 1.165) is 11.3 Å². The lowest BCUT2D eigenvalue weighted by atomic mass is 10.0. The Morgan fingerprint density at radius 1 is 1.15 bits per heavy atom. The summed E-state index contributed by atoms with van der Waals surface area (Å²) in [5.41, 5.74) is 3.65. The zero-order valence-corrected chi connectivity index (χ0v) is 24.4. The number of hydrogen-bond acceptors (Lipinski definition) is 5. The second kappa shape index (κ2) is 11.4. The van der Waals surface area contributed by atoms with E-state index in [9.17, 15) is 12.8 Å². The Hall–Kier alpha value is -3.36. The van der Waals surface area contributed by atoms with Crippen molar-refractivity contribution < 1.29 is 22.3 Å². The summed E-state index contributed by atoms with van der Waals surface area (Å²) in [4.78, 5) is 4.60. The molecule has 0 bridgehead atoms. The van der Waals surface area contributed by atoms with E-state index >= 15 is 0 Å². The van der Waals surface area contributed by atoms with Gasteiger partial charge in [0, 0.05) is 17.3 Å². The van der Waals surface area contributed by atoms with Gasteiger partial charge in [-0.25, -0.2) is 12.8 Å². The minimum atomic E-state index is -4.03. The lowest BCUT2D eigenvalue weighted by Crippen LogP contribution is -2.52. The molecule has 39 heavy (non-hydrogen) atoms. The van der Waals surface area contributed by atoms with Crippen LogP contribution in [0.4, 0.5) is 10.1 Å². The lowest BCUT2D eigenvalue weighted by Gasteiger charge is -2.40. The molecule has 0 saturated heterocycles. The second-order valence-corrected chi connectivity index (χ2v) is 12.0. The van der Waals surface area contributed by atoms with E-state index < -0.39 is 28.0 Å². The van der Waals surface area contributed by atoms with E-state index in [-0.39, 0.29) is 4.90 Å². The average Bonchev–Trinajstić information content (AvgIpc) is 2.87. The molecule has 1 aliphatic heterocycles. The molecule has 2 atom stereocenters. The Morgan fingerprint density at radius 2 is 1.90 bits per heavy atom. The summed E-state index contributed by atoms with van der Waals surface area (Å²) in [6.45, 7) is 9.50. The molecule has 206 valence electrons. The van der Waals surface area contributed by atoms with Crippen molar-refractivity contribution >= 4 is 44.7 Å². The number of aryl methyl sites for hydroxylation is 1. The maximum absolute atomic E-state index is 14.5. The molecular formula is C30H32ClFN2O4S. The smallest absolute Gasteiger partial charge is 0.264 e. The Kier molecular flexibility index (Phi) is 8.37. The van der Waals surface area contributed by atoms with Crippen LogP contribution in [0.25, 0.3) is 11.6 Å². The quantitative estimate of drug-likeness (QED) is 0.223. The number of methoxy groups -OCH3 is 1. The van der Waals surface area contributed by atoms with Gasteiger partial charge in [-0.2, -0.15) is 0 Å². The van der Waals surface area contributed by atoms with E-state index in [2.05, 4.69) is 4.99 Å². The molecule has 6 nitrogen and oxygen atoms in total. The highest BCUT2D eigenvalue weighted by Gasteiger charge is 2.40. The molecule has 3 aromatic rings. The highest BCUT2D eigenvalue weighted by atomic mass is 35.5. The molecule has 0 N–H and O–H groups in total. The van der Waals surface area contributed by atoms with Crippen molar-refractivity contribution in [3.8, 4) is 11.5 Å².